The number of hydrogen-bond donors (Lipinski definition) is 3. The van der Waals surface area contributed by atoms with Crippen LogP contribution >= 0.6 is 0 Å². The Morgan fingerprint density at radius 3 is 2.82 bits per heavy atom. The highest BCUT2D eigenvalue weighted by atomic mass is 16.5. The first-order valence-corrected chi connectivity index (χ1v) is 3.40. The van der Waals surface area contributed by atoms with Crippen molar-refractivity contribution >= 4 is 0 Å². The van der Waals surface area contributed by atoms with Crippen LogP contribution in [0.1, 0.15) is 11.1 Å². The molecule has 0 fully saturated rings. The molecule has 11 heavy (non-hydrogen) atoms. The van der Waals surface area contributed by atoms with Crippen LogP contribution in [-0.4, -0.2) is 10.3 Å². The third-order valence-electron chi connectivity index (χ3n) is 1.69. The summed E-state index contributed by atoms with van der Waals surface area (Å²) in [5.74, 6) is 0.262. The lowest BCUT2D eigenvalue weighted by Crippen LogP contribution is -2.07. The van der Waals surface area contributed by atoms with Crippen LogP contribution < -0.4 is 5.48 Å². The zero-order valence-electron chi connectivity index (χ0n) is 6.33. The number of phenolic OH excluding ortho intramolecular Hbond substituents is 1. The van der Waals surface area contributed by atoms with E-state index < -0.39 is 0 Å². The first-order chi connectivity index (χ1) is 5.25. The fraction of sp³-hybridized carbons (Fsp3) is 0.250. The normalized spacial score (nSPS) is 10.0. The van der Waals surface area contributed by atoms with Crippen molar-refractivity contribution in [2.24, 2.45) is 0 Å². The SMILES string of the molecule is Cc1c(O)cccc1CNO. The van der Waals surface area contributed by atoms with Crippen LogP contribution in [0.5, 0.6) is 5.75 Å². The van der Waals surface area contributed by atoms with Crippen molar-refractivity contribution in [1.29, 1.82) is 0 Å². The highest BCUT2D eigenvalue weighted by Crippen LogP contribution is 2.18. The number of phenols is 1. The molecular formula is C8H11NO2. The molecule has 0 amide bonds. The van der Waals surface area contributed by atoms with E-state index in [2.05, 4.69) is 0 Å². The lowest BCUT2D eigenvalue weighted by atomic mass is 10.1. The van der Waals surface area contributed by atoms with E-state index >= 15 is 0 Å². The third kappa shape index (κ3) is 1.69. The molecule has 1 rings (SSSR count). The van der Waals surface area contributed by atoms with Gasteiger partial charge in [-0.05, 0) is 24.1 Å². The smallest absolute Gasteiger partial charge is 0.118 e. The van der Waals surface area contributed by atoms with Crippen molar-refractivity contribution in [1.82, 2.24) is 5.48 Å². The highest BCUT2D eigenvalue weighted by molar-refractivity contribution is 5.37. The predicted molar refractivity (Wildman–Crippen MR) is 41.5 cm³/mol. The van der Waals surface area contributed by atoms with Crippen LogP contribution in [0.3, 0.4) is 0 Å². The molecule has 0 saturated carbocycles. The lowest BCUT2D eigenvalue weighted by molar-refractivity contribution is 0.161. The molecule has 3 N–H and O–H groups in total. The van der Waals surface area contributed by atoms with Crippen molar-refractivity contribution in [3.05, 3.63) is 29.3 Å². The van der Waals surface area contributed by atoms with Gasteiger partial charge in [0.2, 0.25) is 0 Å². The predicted octanol–water partition coefficient (Wildman–Crippen LogP) is 1.18. The summed E-state index contributed by atoms with van der Waals surface area (Å²) in [6.07, 6.45) is 0. The summed E-state index contributed by atoms with van der Waals surface area (Å²) in [6.45, 7) is 2.17. The molecule has 0 heterocycles. The van der Waals surface area contributed by atoms with Crippen LogP contribution in [0.2, 0.25) is 0 Å². The Labute approximate surface area is 65.3 Å². The molecule has 1 aromatic carbocycles. The summed E-state index contributed by atoms with van der Waals surface area (Å²) in [5.41, 5.74) is 3.74. The van der Waals surface area contributed by atoms with Crippen LogP contribution in [0.25, 0.3) is 0 Å². The maximum absolute atomic E-state index is 9.22. The third-order valence-corrected chi connectivity index (χ3v) is 1.69. The molecule has 0 radical (unpaired) electrons. The summed E-state index contributed by atoms with van der Waals surface area (Å²) in [4.78, 5) is 0. The van der Waals surface area contributed by atoms with Gasteiger partial charge in [-0.2, -0.15) is 0 Å². The molecule has 0 bridgehead atoms. The molecule has 0 aliphatic carbocycles. The molecule has 0 aliphatic rings. The van der Waals surface area contributed by atoms with E-state index in [-0.39, 0.29) is 5.75 Å². The summed E-state index contributed by atoms with van der Waals surface area (Å²) in [6, 6.07) is 5.21. The zero-order valence-corrected chi connectivity index (χ0v) is 6.33. The van der Waals surface area contributed by atoms with Gasteiger partial charge >= 0.3 is 0 Å². The van der Waals surface area contributed by atoms with Gasteiger partial charge < -0.3 is 10.3 Å². The average Bonchev–Trinajstić information content (AvgIpc) is 1.99. The summed E-state index contributed by atoms with van der Waals surface area (Å²) in [5, 5.41) is 17.6. The van der Waals surface area contributed by atoms with Gasteiger partial charge in [0.1, 0.15) is 5.75 Å². The Balaban J connectivity index is 2.96. The van der Waals surface area contributed by atoms with Gasteiger partial charge in [0, 0.05) is 6.54 Å². The van der Waals surface area contributed by atoms with Crippen LogP contribution in [0.4, 0.5) is 0 Å². The van der Waals surface area contributed by atoms with Crippen LogP contribution in [0, 0.1) is 6.92 Å². The second kappa shape index (κ2) is 3.37. The van der Waals surface area contributed by atoms with Crippen molar-refractivity contribution in [3.63, 3.8) is 0 Å². The molecule has 3 heteroatoms. The van der Waals surface area contributed by atoms with Gasteiger partial charge in [0.15, 0.2) is 0 Å². The topological polar surface area (TPSA) is 52.5 Å². The quantitative estimate of drug-likeness (QED) is 0.559. The van der Waals surface area contributed by atoms with Gasteiger partial charge in [0.05, 0.1) is 0 Å². The fourth-order valence-corrected chi connectivity index (χ4v) is 0.947. The van der Waals surface area contributed by atoms with Crippen LogP contribution in [-0.2, 0) is 6.54 Å². The van der Waals surface area contributed by atoms with Gasteiger partial charge in [0.25, 0.3) is 0 Å². The van der Waals surface area contributed by atoms with Crippen molar-refractivity contribution in [2.75, 3.05) is 0 Å². The minimum Gasteiger partial charge on any atom is -0.508 e. The molecule has 0 saturated heterocycles. The second-order valence-corrected chi connectivity index (χ2v) is 2.40. The average molecular weight is 153 g/mol. The molecule has 3 nitrogen and oxygen atoms in total. The number of benzene rings is 1. The van der Waals surface area contributed by atoms with E-state index in [1.165, 1.54) is 0 Å². The van der Waals surface area contributed by atoms with Crippen molar-refractivity contribution in [2.45, 2.75) is 13.5 Å². The molecular weight excluding hydrogens is 142 g/mol. The number of hydrogen-bond acceptors (Lipinski definition) is 3. The lowest BCUT2D eigenvalue weighted by Gasteiger charge is -2.04. The van der Waals surface area contributed by atoms with E-state index in [9.17, 15) is 5.11 Å². The maximum atomic E-state index is 9.22. The van der Waals surface area contributed by atoms with E-state index in [4.69, 9.17) is 5.21 Å². The number of hydroxylamine groups is 1. The summed E-state index contributed by atoms with van der Waals surface area (Å²) >= 11 is 0. The largest absolute Gasteiger partial charge is 0.508 e. The van der Waals surface area contributed by atoms with Gasteiger partial charge in [-0.15, -0.1) is 0 Å². The van der Waals surface area contributed by atoms with Crippen molar-refractivity contribution < 1.29 is 10.3 Å². The van der Waals surface area contributed by atoms with E-state index in [1.54, 1.807) is 12.1 Å². The number of aromatic hydroxyl groups is 1. The van der Waals surface area contributed by atoms with Crippen LogP contribution in [0.15, 0.2) is 18.2 Å². The molecule has 0 atom stereocenters. The minimum atomic E-state index is 0.262. The first kappa shape index (κ1) is 8.04. The Morgan fingerprint density at radius 2 is 2.18 bits per heavy atom. The Bertz CT molecular complexity index is 248. The van der Waals surface area contributed by atoms with Gasteiger partial charge in [-0.1, -0.05) is 12.1 Å². The first-order valence-electron chi connectivity index (χ1n) is 3.40. The van der Waals surface area contributed by atoms with E-state index in [0.29, 0.717) is 6.54 Å². The Hall–Kier alpha value is -1.06. The highest BCUT2D eigenvalue weighted by Gasteiger charge is 2.00. The molecule has 60 valence electrons. The molecule has 1 aromatic rings. The molecule has 0 aliphatic heterocycles. The van der Waals surface area contributed by atoms with E-state index in [1.807, 2.05) is 18.5 Å². The monoisotopic (exact) mass is 153 g/mol. The van der Waals surface area contributed by atoms with Gasteiger partial charge in [-0.3, -0.25) is 0 Å². The fourth-order valence-electron chi connectivity index (χ4n) is 0.947. The van der Waals surface area contributed by atoms with Crippen molar-refractivity contribution in [3.8, 4) is 5.75 Å². The maximum Gasteiger partial charge on any atom is 0.118 e. The van der Waals surface area contributed by atoms with E-state index in [0.717, 1.165) is 11.1 Å². The number of nitrogens with one attached hydrogen (secondary N) is 1. The summed E-state index contributed by atoms with van der Waals surface area (Å²) in [7, 11) is 0. The summed E-state index contributed by atoms with van der Waals surface area (Å²) < 4.78 is 0. The van der Waals surface area contributed by atoms with Gasteiger partial charge in [-0.25, -0.2) is 5.48 Å². The minimum absolute atomic E-state index is 0.262. The molecule has 0 unspecified atom stereocenters. The second-order valence-electron chi connectivity index (χ2n) is 2.40. The number of rotatable bonds is 2. The molecule has 0 spiro atoms. The molecule has 0 aromatic heterocycles. The zero-order chi connectivity index (χ0) is 8.27. The standard InChI is InChI=1S/C8H11NO2/c1-6-7(5-9-11)3-2-4-8(6)10/h2-4,9-11H,5H2,1H3. The Morgan fingerprint density at radius 1 is 1.45 bits per heavy atom. The Kier molecular flexibility index (Phi) is 2.46.